The van der Waals surface area contributed by atoms with Crippen LogP contribution in [0.2, 0.25) is 0 Å². The molecule has 0 saturated heterocycles. The average molecular weight is 1600 g/mol. The van der Waals surface area contributed by atoms with Gasteiger partial charge >= 0.3 is 0 Å². The standard InChI is InChI=1S/3C11H13N.C10H14N2.2C10H12N2.C10H14N2.C10H12N2.C9H12N.Re/c1-5-10-8-9(6-7-12-10)11(2,3)4;1-5-10-9(11(2,3)4)7-6-8-12-10;1-5-9-7-6-8-10(12-9)11(2,3)4;2*1-5-8-6-9(10(2,3)4)12-7-11-8;1-5-9-11-7-6-8(12-9)10(2,3)4;2*1-5-8-6-7-11-9(12-8)10(2,3)4;1-9(2,3)8-5-4-6-10-7-8;/h3*1,6-8H,2-4H3;5-7H,1H2,2-4H3;2*1,6-7H,2-4H3;5-7H,1H2,2-4H3;1,6-7H,2-4H3;4-6H,1-3H3;/q;;;;;;;;-1;. The molecule has 1 radical (unpaired) electrons. The predicted octanol–water partition coefficient (Wildman–Crippen LogP) is 19.4. The van der Waals surface area contributed by atoms with Crippen LogP contribution in [0, 0.1) is 80.3 Å². The van der Waals surface area contributed by atoms with Gasteiger partial charge in [0.1, 0.15) is 52.8 Å². The Labute approximate surface area is 658 Å². The van der Waals surface area contributed by atoms with Crippen molar-refractivity contribution in [3.05, 3.63) is 251 Å². The fourth-order valence-corrected chi connectivity index (χ4v) is 8.01. The summed E-state index contributed by atoms with van der Waals surface area (Å²) < 4.78 is 0. The first-order chi connectivity index (χ1) is 48.9. The van der Waals surface area contributed by atoms with Crippen molar-refractivity contribution in [3.8, 4) is 74.1 Å². The van der Waals surface area contributed by atoms with Crippen molar-refractivity contribution >= 4 is 12.2 Å². The van der Waals surface area contributed by atoms with Gasteiger partial charge in [-0.15, -0.1) is 44.1 Å². The van der Waals surface area contributed by atoms with Gasteiger partial charge in [0.2, 0.25) is 5.82 Å². The first-order valence-electron chi connectivity index (χ1n) is 34.9. The molecular formula is C92H115N14Re-. The fourth-order valence-electron chi connectivity index (χ4n) is 8.01. The van der Waals surface area contributed by atoms with E-state index in [4.69, 9.17) is 38.5 Å². The van der Waals surface area contributed by atoms with Gasteiger partial charge in [-0.05, 0) is 112 Å². The zero-order chi connectivity index (χ0) is 81.1. The minimum atomic E-state index is -0.0349. The molecule has 107 heavy (non-hydrogen) atoms. The van der Waals surface area contributed by atoms with Crippen LogP contribution in [-0.4, -0.2) is 69.8 Å². The molecule has 0 aliphatic rings. The molecule has 0 aliphatic heterocycles. The van der Waals surface area contributed by atoms with Gasteiger partial charge in [-0.1, -0.05) is 248 Å². The van der Waals surface area contributed by atoms with Crippen molar-refractivity contribution in [1.29, 1.82) is 0 Å². The van der Waals surface area contributed by atoms with Crippen molar-refractivity contribution < 1.29 is 20.4 Å². The zero-order valence-corrected chi connectivity index (χ0v) is 71.6. The van der Waals surface area contributed by atoms with E-state index in [-0.39, 0.29) is 69.2 Å². The minimum Gasteiger partial charge on any atom is -0.394 e. The summed E-state index contributed by atoms with van der Waals surface area (Å²) in [5, 5.41) is 0. The molecule has 9 aromatic heterocycles. The maximum absolute atomic E-state index is 5.33. The van der Waals surface area contributed by atoms with Crippen LogP contribution >= 0.6 is 0 Å². The minimum absolute atomic E-state index is 0. The van der Waals surface area contributed by atoms with Crippen molar-refractivity contribution in [3.63, 3.8) is 0 Å². The van der Waals surface area contributed by atoms with Crippen LogP contribution in [-0.2, 0) is 69.2 Å². The molecular weight excluding hydrogens is 1490 g/mol. The molecule has 0 fully saturated rings. The molecule has 0 spiro atoms. The van der Waals surface area contributed by atoms with Gasteiger partial charge in [0, 0.05) is 95.3 Å². The van der Waals surface area contributed by atoms with Gasteiger partial charge in [-0.2, -0.15) is 12.1 Å². The van der Waals surface area contributed by atoms with Crippen LogP contribution in [0.1, 0.15) is 284 Å². The quantitative estimate of drug-likeness (QED) is 0.118. The van der Waals surface area contributed by atoms with Gasteiger partial charge in [-0.3, -0.25) is 0 Å². The van der Waals surface area contributed by atoms with Crippen LogP contribution in [0.15, 0.2) is 148 Å². The van der Waals surface area contributed by atoms with E-state index < -0.39 is 0 Å². The van der Waals surface area contributed by atoms with E-state index in [1.54, 1.807) is 61.7 Å². The van der Waals surface area contributed by atoms with E-state index in [0.717, 1.165) is 62.6 Å². The summed E-state index contributed by atoms with van der Waals surface area (Å²) in [6.07, 6.45) is 51.4. The Hall–Kier alpha value is -10.5. The molecule has 0 N–H and O–H groups in total. The molecule has 0 atom stereocenters. The Morgan fingerprint density at radius 2 is 0.804 bits per heavy atom. The number of terminal acetylenes is 6. The number of nitrogens with zero attached hydrogens (tertiary/aromatic N) is 14. The van der Waals surface area contributed by atoms with E-state index >= 15 is 0 Å². The fraction of sp³-hybridized carbons (Fsp3) is 0.391. The maximum atomic E-state index is 5.33. The Bertz CT molecular complexity index is 4030. The van der Waals surface area contributed by atoms with Gasteiger partial charge in [0.25, 0.3) is 0 Å². The Kier molecular flexibility index (Phi) is 39.5. The molecule has 9 aromatic rings. The summed E-state index contributed by atoms with van der Waals surface area (Å²) in [4.78, 5) is 57.8. The summed E-state index contributed by atoms with van der Waals surface area (Å²) in [7, 11) is 0. The molecule has 0 saturated carbocycles. The normalized spacial score (nSPS) is 10.9. The molecule has 561 valence electrons. The van der Waals surface area contributed by atoms with Crippen LogP contribution < -0.4 is 0 Å². The number of hydrogen-bond acceptors (Lipinski definition) is 14. The summed E-state index contributed by atoms with van der Waals surface area (Å²) in [6, 6.07) is 27.0. The van der Waals surface area contributed by atoms with Crippen molar-refractivity contribution in [2.45, 2.75) is 236 Å². The molecule has 0 amide bonds. The molecule has 0 bridgehead atoms. The second-order valence-corrected chi connectivity index (χ2v) is 33.4. The van der Waals surface area contributed by atoms with Crippen molar-refractivity contribution in [1.82, 2.24) is 69.8 Å². The Morgan fingerprint density at radius 3 is 1.25 bits per heavy atom. The van der Waals surface area contributed by atoms with Crippen LogP contribution in [0.3, 0.4) is 0 Å². The first-order valence-corrected chi connectivity index (χ1v) is 34.9. The summed E-state index contributed by atoms with van der Waals surface area (Å²) in [6.45, 7) is 64.4. The summed E-state index contributed by atoms with van der Waals surface area (Å²) >= 11 is 0. The Morgan fingerprint density at radius 1 is 0.327 bits per heavy atom. The Balaban J connectivity index is 0.00000118. The molecule has 0 unspecified atom stereocenters. The molecule has 15 heteroatoms. The van der Waals surface area contributed by atoms with E-state index in [1.165, 1.54) is 11.9 Å². The number of hydrogen-bond donors (Lipinski definition) is 0. The first kappa shape index (κ1) is 96.5. The topological polar surface area (TPSA) is 180 Å². The van der Waals surface area contributed by atoms with E-state index in [2.05, 4.69) is 312 Å². The molecule has 0 aromatic carbocycles. The van der Waals surface area contributed by atoms with E-state index in [9.17, 15) is 0 Å². The van der Waals surface area contributed by atoms with Crippen LogP contribution in [0.25, 0.3) is 12.2 Å². The smallest absolute Gasteiger partial charge is 0.204 e. The number of rotatable bonds is 2. The zero-order valence-electron chi connectivity index (χ0n) is 68.9. The molecule has 9 heterocycles. The molecule has 14 nitrogen and oxygen atoms in total. The second kappa shape index (κ2) is 43.8. The van der Waals surface area contributed by atoms with E-state index in [0.29, 0.717) is 28.6 Å². The number of pyridine rings is 4. The van der Waals surface area contributed by atoms with Crippen molar-refractivity contribution in [2.24, 2.45) is 0 Å². The predicted molar refractivity (Wildman–Crippen MR) is 442 cm³/mol. The third kappa shape index (κ3) is 37.9. The largest absolute Gasteiger partial charge is 0.394 e. The second-order valence-electron chi connectivity index (χ2n) is 33.4. The van der Waals surface area contributed by atoms with E-state index in [1.807, 2.05) is 78.9 Å². The molecule has 9 rings (SSSR count). The molecule has 0 aliphatic carbocycles. The van der Waals surface area contributed by atoms with Gasteiger partial charge < -0.3 is 4.98 Å². The SMILES string of the molecule is C#Cc1cc(C(C)(C)C)ccn1.C#Cc1cc(C(C)(C)C)ncn1.C#Cc1cccc(C(C)(C)C)n1.C#Cc1ccnc(C(C)(C)C)n1.C#Cc1nccc(C(C)(C)C)n1.C#Cc1ncccc1C(C)(C)C.C=Cc1cc(C(C)(C)C)ncn1.C=Cc1ccnc(C(C)(C)C)n1.CC(C)(C)c1[c-]nccc1.[Re]. The maximum Gasteiger partial charge on any atom is 0.204 e. The van der Waals surface area contributed by atoms with Gasteiger partial charge in [-0.25, -0.2) is 64.8 Å². The van der Waals surface area contributed by atoms with Crippen molar-refractivity contribution in [2.75, 3.05) is 0 Å². The summed E-state index contributed by atoms with van der Waals surface area (Å²) in [5.41, 5.74) is 13.4. The van der Waals surface area contributed by atoms with Gasteiger partial charge in [0.15, 0.2) is 0 Å². The summed E-state index contributed by atoms with van der Waals surface area (Å²) in [5.74, 6) is 17.2. The number of aromatic nitrogens is 14. The monoisotopic (exact) mass is 1600 g/mol. The average Bonchev–Trinajstić information content (AvgIpc) is 0.849. The third-order valence-corrected chi connectivity index (χ3v) is 14.4. The van der Waals surface area contributed by atoms with Crippen LogP contribution in [0.4, 0.5) is 0 Å². The van der Waals surface area contributed by atoms with Crippen LogP contribution in [0.5, 0.6) is 0 Å². The van der Waals surface area contributed by atoms with Gasteiger partial charge in [0.05, 0.1) is 22.8 Å². The third-order valence-electron chi connectivity index (χ3n) is 14.4.